The molecule has 1 aromatic carbocycles. The topological polar surface area (TPSA) is 39.3 Å². The number of fused-ring (bicyclic) bond motifs is 3. The summed E-state index contributed by atoms with van der Waals surface area (Å²) < 4.78 is 0. The van der Waals surface area contributed by atoms with Crippen LogP contribution < -0.4 is 0 Å². The molecule has 1 aliphatic rings. The lowest BCUT2D eigenvalue weighted by Crippen LogP contribution is -2.26. The maximum atomic E-state index is 9.39. The zero-order valence-corrected chi connectivity index (χ0v) is 7.83. The van der Waals surface area contributed by atoms with Gasteiger partial charge in [0.2, 0.25) is 0 Å². The van der Waals surface area contributed by atoms with Crippen LogP contribution in [0.25, 0.3) is 10.9 Å². The highest BCUT2D eigenvalue weighted by Gasteiger charge is 2.18. The van der Waals surface area contributed by atoms with Crippen LogP contribution in [0.4, 0.5) is 0 Å². The van der Waals surface area contributed by atoms with Crippen molar-refractivity contribution >= 4 is 10.9 Å². The van der Waals surface area contributed by atoms with Gasteiger partial charge in [0, 0.05) is 23.1 Å². The molecule has 0 saturated heterocycles. The molecule has 2 aromatic rings. The zero-order valence-electron chi connectivity index (χ0n) is 7.83. The number of aromatic amines is 1. The van der Waals surface area contributed by atoms with Gasteiger partial charge in [-0.05, 0) is 18.1 Å². The van der Waals surface area contributed by atoms with Crippen molar-refractivity contribution in [3.05, 3.63) is 35.5 Å². The average molecular weight is 188 g/mol. The predicted octanol–water partition coefficient (Wildman–Crippen LogP) is 1.92. The molecule has 1 aliphatic heterocycles. The van der Waals surface area contributed by atoms with Gasteiger partial charge < -0.3 is 10.2 Å². The second-order valence-corrected chi connectivity index (χ2v) is 3.77. The van der Waals surface area contributed by atoms with E-state index in [4.69, 9.17) is 0 Å². The van der Waals surface area contributed by atoms with Gasteiger partial charge >= 0.3 is 0 Å². The number of H-pyrrole nitrogens is 1. The fourth-order valence-electron chi connectivity index (χ4n) is 2.18. The molecule has 0 amide bonds. The molecule has 0 spiro atoms. The molecule has 0 bridgehead atoms. The molecule has 72 valence electrons. The third-order valence-corrected chi connectivity index (χ3v) is 2.86. The minimum atomic E-state index is 0.615. The largest absolute Gasteiger partial charge is 0.357 e. The SMILES string of the molecule is ON1CCc2c([nH]c3ccccc23)C1. The number of aromatic nitrogens is 1. The molecule has 14 heavy (non-hydrogen) atoms. The van der Waals surface area contributed by atoms with Gasteiger partial charge in [-0.3, -0.25) is 0 Å². The van der Waals surface area contributed by atoms with E-state index >= 15 is 0 Å². The van der Waals surface area contributed by atoms with Crippen LogP contribution >= 0.6 is 0 Å². The van der Waals surface area contributed by atoms with Crippen LogP contribution in [0.15, 0.2) is 24.3 Å². The van der Waals surface area contributed by atoms with Crippen molar-refractivity contribution in [3.63, 3.8) is 0 Å². The molecular weight excluding hydrogens is 176 g/mol. The molecule has 0 atom stereocenters. The molecule has 3 rings (SSSR count). The summed E-state index contributed by atoms with van der Waals surface area (Å²) in [4.78, 5) is 3.34. The predicted molar refractivity (Wildman–Crippen MR) is 54.2 cm³/mol. The van der Waals surface area contributed by atoms with Gasteiger partial charge in [0.25, 0.3) is 0 Å². The van der Waals surface area contributed by atoms with E-state index < -0.39 is 0 Å². The number of hydrogen-bond acceptors (Lipinski definition) is 2. The van der Waals surface area contributed by atoms with Crippen molar-refractivity contribution < 1.29 is 5.21 Å². The van der Waals surface area contributed by atoms with Crippen molar-refractivity contribution in [1.82, 2.24) is 10.0 Å². The minimum Gasteiger partial charge on any atom is -0.357 e. The Kier molecular flexibility index (Phi) is 1.63. The van der Waals surface area contributed by atoms with Crippen LogP contribution in [0.3, 0.4) is 0 Å². The van der Waals surface area contributed by atoms with E-state index in [1.807, 2.05) is 6.07 Å². The fraction of sp³-hybridized carbons (Fsp3) is 0.273. The molecule has 3 heteroatoms. The standard InChI is InChI=1S/C11H12N2O/c14-13-6-5-9-8-3-1-2-4-10(8)12-11(9)7-13/h1-4,12,14H,5-7H2. The third kappa shape index (κ3) is 1.06. The second-order valence-electron chi connectivity index (χ2n) is 3.77. The summed E-state index contributed by atoms with van der Waals surface area (Å²) >= 11 is 0. The quantitative estimate of drug-likeness (QED) is 0.663. The Morgan fingerprint density at radius 1 is 1.29 bits per heavy atom. The van der Waals surface area contributed by atoms with Crippen LogP contribution in [-0.4, -0.2) is 21.8 Å². The normalized spacial score (nSPS) is 17.2. The Labute approximate surface area is 81.9 Å². The van der Waals surface area contributed by atoms with Gasteiger partial charge in [-0.15, -0.1) is 0 Å². The van der Waals surface area contributed by atoms with Crippen molar-refractivity contribution in [2.24, 2.45) is 0 Å². The molecular formula is C11H12N2O. The van der Waals surface area contributed by atoms with E-state index in [-0.39, 0.29) is 0 Å². The van der Waals surface area contributed by atoms with Crippen LogP contribution in [-0.2, 0) is 13.0 Å². The Hall–Kier alpha value is -1.32. The monoisotopic (exact) mass is 188 g/mol. The van der Waals surface area contributed by atoms with Gasteiger partial charge in [0.05, 0.1) is 6.54 Å². The zero-order chi connectivity index (χ0) is 9.54. The molecule has 2 heterocycles. The first-order valence-corrected chi connectivity index (χ1v) is 4.87. The Morgan fingerprint density at radius 2 is 2.14 bits per heavy atom. The van der Waals surface area contributed by atoms with Crippen molar-refractivity contribution in [1.29, 1.82) is 0 Å². The number of para-hydroxylation sites is 1. The number of rotatable bonds is 0. The highest BCUT2D eigenvalue weighted by Crippen LogP contribution is 2.26. The van der Waals surface area contributed by atoms with Gasteiger partial charge in [-0.2, -0.15) is 5.06 Å². The molecule has 0 radical (unpaired) electrons. The van der Waals surface area contributed by atoms with E-state index in [0.717, 1.165) is 18.7 Å². The van der Waals surface area contributed by atoms with Crippen LogP contribution in [0.2, 0.25) is 0 Å². The lowest BCUT2D eigenvalue weighted by atomic mass is 10.0. The first-order valence-electron chi connectivity index (χ1n) is 4.87. The van der Waals surface area contributed by atoms with E-state index in [2.05, 4.69) is 23.2 Å². The summed E-state index contributed by atoms with van der Waals surface area (Å²) in [6, 6.07) is 8.30. The van der Waals surface area contributed by atoms with E-state index in [0.29, 0.717) is 6.54 Å². The molecule has 3 nitrogen and oxygen atoms in total. The summed E-state index contributed by atoms with van der Waals surface area (Å²) in [6.07, 6.45) is 0.926. The number of benzene rings is 1. The van der Waals surface area contributed by atoms with Crippen molar-refractivity contribution in [3.8, 4) is 0 Å². The molecule has 0 saturated carbocycles. The Morgan fingerprint density at radius 3 is 3.07 bits per heavy atom. The number of hydroxylamine groups is 2. The molecule has 0 aliphatic carbocycles. The summed E-state index contributed by atoms with van der Waals surface area (Å²) in [5, 5.41) is 12.1. The number of nitrogens with zero attached hydrogens (tertiary/aromatic N) is 1. The summed E-state index contributed by atoms with van der Waals surface area (Å²) in [7, 11) is 0. The average Bonchev–Trinajstić information content (AvgIpc) is 2.54. The highest BCUT2D eigenvalue weighted by molar-refractivity contribution is 5.84. The summed E-state index contributed by atoms with van der Waals surface area (Å²) in [5.41, 5.74) is 3.69. The minimum absolute atomic E-state index is 0.615. The Balaban J connectivity index is 2.24. The summed E-state index contributed by atoms with van der Waals surface area (Å²) in [6.45, 7) is 1.35. The smallest absolute Gasteiger partial charge is 0.0642 e. The molecule has 2 N–H and O–H groups in total. The van der Waals surface area contributed by atoms with Crippen LogP contribution in [0.5, 0.6) is 0 Å². The van der Waals surface area contributed by atoms with Gasteiger partial charge in [0.1, 0.15) is 0 Å². The van der Waals surface area contributed by atoms with Crippen molar-refractivity contribution in [2.75, 3.05) is 6.54 Å². The lowest BCUT2D eigenvalue weighted by molar-refractivity contribution is -0.104. The number of nitrogens with one attached hydrogen (secondary N) is 1. The number of hydrogen-bond donors (Lipinski definition) is 2. The third-order valence-electron chi connectivity index (χ3n) is 2.86. The maximum Gasteiger partial charge on any atom is 0.0642 e. The van der Waals surface area contributed by atoms with Crippen LogP contribution in [0, 0.1) is 0 Å². The van der Waals surface area contributed by atoms with Crippen LogP contribution in [0.1, 0.15) is 11.3 Å². The van der Waals surface area contributed by atoms with E-state index in [1.165, 1.54) is 21.5 Å². The molecule has 0 unspecified atom stereocenters. The lowest BCUT2D eigenvalue weighted by Gasteiger charge is -2.20. The van der Waals surface area contributed by atoms with Crippen molar-refractivity contribution in [2.45, 2.75) is 13.0 Å². The first kappa shape index (κ1) is 8.03. The van der Waals surface area contributed by atoms with E-state index in [1.54, 1.807) is 0 Å². The van der Waals surface area contributed by atoms with Gasteiger partial charge in [0.15, 0.2) is 0 Å². The van der Waals surface area contributed by atoms with E-state index in [9.17, 15) is 5.21 Å². The van der Waals surface area contributed by atoms with Gasteiger partial charge in [-0.1, -0.05) is 18.2 Å². The summed E-state index contributed by atoms with van der Waals surface area (Å²) in [5.74, 6) is 0. The first-order chi connectivity index (χ1) is 6.84. The van der Waals surface area contributed by atoms with Gasteiger partial charge in [-0.25, -0.2) is 0 Å². The Bertz CT molecular complexity index is 475. The fourth-order valence-corrected chi connectivity index (χ4v) is 2.18. The second kappa shape index (κ2) is 2.83. The molecule has 1 aromatic heterocycles. The molecule has 0 fully saturated rings. The highest BCUT2D eigenvalue weighted by atomic mass is 16.5. The maximum absolute atomic E-state index is 9.39.